The van der Waals surface area contributed by atoms with Gasteiger partial charge < -0.3 is 4.74 Å². The standard InChI is InChI=1S/C14H11Cl3O/c1-8-3-4-13(18-2)10(5-8)14-11(16)6-9(15)7-12(14)17/h3-7H,1-2H3. The van der Waals surface area contributed by atoms with Crippen LogP contribution < -0.4 is 4.74 Å². The minimum absolute atomic E-state index is 0.511. The Bertz CT molecular complexity index is 571. The number of benzene rings is 2. The average Bonchev–Trinajstić information content (AvgIpc) is 2.28. The van der Waals surface area contributed by atoms with Crippen LogP contribution in [0.15, 0.2) is 30.3 Å². The fourth-order valence-corrected chi connectivity index (χ4v) is 2.84. The molecule has 0 aliphatic heterocycles. The van der Waals surface area contributed by atoms with E-state index in [4.69, 9.17) is 39.5 Å². The third-order valence-electron chi connectivity index (χ3n) is 2.63. The van der Waals surface area contributed by atoms with Crippen LogP contribution >= 0.6 is 34.8 Å². The van der Waals surface area contributed by atoms with Crippen molar-refractivity contribution in [3.8, 4) is 16.9 Å². The summed E-state index contributed by atoms with van der Waals surface area (Å²) in [4.78, 5) is 0. The lowest BCUT2D eigenvalue weighted by Gasteiger charge is -2.13. The zero-order valence-corrected chi connectivity index (χ0v) is 12.2. The van der Waals surface area contributed by atoms with Crippen molar-refractivity contribution in [2.45, 2.75) is 6.92 Å². The molecule has 0 amide bonds. The quantitative estimate of drug-likeness (QED) is 0.698. The lowest BCUT2D eigenvalue weighted by molar-refractivity contribution is 0.416. The minimum Gasteiger partial charge on any atom is -0.496 e. The number of hydrogen-bond acceptors (Lipinski definition) is 1. The highest BCUT2D eigenvalue weighted by molar-refractivity contribution is 6.41. The number of hydrogen-bond donors (Lipinski definition) is 0. The highest BCUT2D eigenvalue weighted by Gasteiger charge is 2.14. The van der Waals surface area contributed by atoms with Crippen molar-refractivity contribution in [3.63, 3.8) is 0 Å². The van der Waals surface area contributed by atoms with Crippen molar-refractivity contribution in [1.82, 2.24) is 0 Å². The summed E-state index contributed by atoms with van der Waals surface area (Å²) < 4.78 is 5.34. The Morgan fingerprint density at radius 2 is 1.56 bits per heavy atom. The van der Waals surface area contributed by atoms with Gasteiger partial charge in [-0.15, -0.1) is 0 Å². The van der Waals surface area contributed by atoms with E-state index >= 15 is 0 Å². The molecule has 0 unspecified atom stereocenters. The van der Waals surface area contributed by atoms with Crippen LogP contribution in [0.2, 0.25) is 15.1 Å². The van der Waals surface area contributed by atoms with Crippen LogP contribution in [-0.2, 0) is 0 Å². The van der Waals surface area contributed by atoms with Crippen molar-refractivity contribution in [2.24, 2.45) is 0 Å². The van der Waals surface area contributed by atoms with Crippen molar-refractivity contribution in [3.05, 3.63) is 51.0 Å². The number of ether oxygens (including phenoxy) is 1. The predicted octanol–water partition coefficient (Wildman–Crippen LogP) is 5.63. The van der Waals surface area contributed by atoms with Crippen molar-refractivity contribution in [1.29, 1.82) is 0 Å². The van der Waals surface area contributed by atoms with Gasteiger partial charge in [0.25, 0.3) is 0 Å². The topological polar surface area (TPSA) is 9.23 Å². The van der Waals surface area contributed by atoms with E-state index in [1.54, 1.807) is 19.2 Å². The van der Waals surface area contributed by atoms with Gasteiger partial charge in [0.1, 0.15) is 5.75 Å². The Kier molecular flexibility index (Phi) is 4.06. The Morgan fingerprint density at radius 1 is 0.944 bits per heavy atom. The summed E-state index contributed by atoms with van der Waals surface area (Å²) in [6.45, 7) is 2.00. The van der Waals surface area contributed by atoms with Gasteiger partial charge in [-0.25, -0.2) is 0 Å². The molecule has 0 atom stereocenters. The number of halogens is 3. The van der Waals surface area contributed by atoms with Crippen molar-refractivity contribution >= 4 is 34.8 Å². The molecule has 0 spiro atoms. The molecule has 0 fully saturated rings. The molecule has 0 saturated heterocycles. The second-order valence-corrected chi connectivity index (χ2v) is 5.20. The molecule has 0 bridgehead atoms. The van der Waals surface area contributed by atoms with Crippen molar-refractivity contribution < 1.29 is 4.74 Å². The minimum atomic E-state index is 0.511. The largest absolute Gasteiger partial charge is 0.496 e. The van der Waals surface area contributed by atoms with Gasteiger partial charge >= 0.3 is 0 Å². The van der Waals surface area contributed by atoms with E-state index < -0.39 is 0 Å². The number of rotatable bonds is 2. The molecule has 18 heavy (non-hydrogen) atoms. The second-order valence-electron chi connectivity index (χ2n) is 3.95. The Labute approximate surface area is 121 Å². The molecule has 1 nitrogen and oxygen atoms in total. The van der Waals surface area contributed by atoms with Gasteiger partial charge in [-0.2, -0.15) is 0 Å². The van der Waals surface area contributed by atoms with Gasteiger partial charge in [0, 0.05) is 16.1 Å². The molecule has 0 aromatic heterocycles. The molecule has 0 heterocycles. The SMILES string of the molecule is COc1ccc(C)cc1-c1c(Cl)cc(Cl)cc1Cl. The number of methoxy groups -OCH3 is 1. The summed E-state index contributed by atoms with van der Waals surface area (Å²) >= 11 is 18.4. The van der Waals surface area contributed by atoms with E-state index in [1.165, 1.54) is 0 Å². The van der Waals surface area contributed by atoms with Gasteiger partial charge in [-0.3, -0.25) is 0 Å². The molecule has 4 heteroatoms. The summed E-state index contributed by atoms with van der Waals surface area (Å²) in [5.74, 6) is 0.728. The third-order valence-corrected chi connectivity index (χ3v) is 3.45. The van der Waals surface area contributed by atoms with E-state index in [1.807, 2.05) is 25.1 Å². The van der Waals surface area contributed by atoms with Gasteiger partial charge in [0.15, 0.2) is 0 Å². The van der Waals surface area contributed by atoms with E-state index in [0.29, 0.717) is 15.1 Å². The summed E-state index contributed by atoms with van der Waals surface area (Å²) in [5, 5.41) is 1.54. The molecule has 2 rings (SSSR count). The van der Waals surface area contributed by atoms with E-state index in [2.05, 4.69) is 0 Å². The number of aryl methyl sites for hydroxylation is 1. The summed E-state index contributed by atoms with van der Waals surface area (Å²) in [6.07, 6.45) is 0. The summed E-state index contributed by atoms with van der Waals surface area (Å²) in [6, 6.07) is 9.20. The van der Waals surface area contributed by atoms with Crippen LogP contribution in [0.4, 0.5) is 0 Å². The van der Waals surface area contributed by atoms with Crippen LogP contribution in [0.5, 0.6) is 5.75 Å². The maximum absolute atomic E-state index is 6.23. The second kappa shape index (κ2) is 5.40. The smallest absolute Gasteiger partial charge is 0.126 e. The maximum atomic E-state index is 6.23. The highest BCUT2D eigenvalue weighted by Crippen LogP contribution is 2.41. The fourth-order valence-electron chi connectivity index (χ4n) is 1.82. The first-order valence-electron chi connectivity index (χ1n) is 5.32. The molecular weight excluding hydrogens is 291 g/mol. The average molecular weight is 302 g/mol. The van der Waals surface area contributed by atoms with Crippen LogP contribution in [0.1, 0.15) is 5.56 Å². The lowest BCUT2D eigenvalue weighted by atomic mass is 10.0. The maximum Gasteiger partial charge on any atom is 0.126 e. The molecule has 2 aromatic carbocycles. The van der Waals surface area contributed by atoms with Crippen molar-refractivity contribution in [2.75, 3.05) is 7.11 Å². The van der Waals surface area contributed by atoms with E-state index in [0.717, 1.165) is 22.4 Å². The molecule has 0 saturated carbocycles. The molecule has 94 valence electrons. The fraction of sp³-hybridized carbons (Fsp3) is 0.143. The van der Waals surface area contributed by atoms with Crippen LogP contribution in [0.3, 0.4) is 0 Å². The molecule has 0 N–H and O–H groups in total. The van der Waals surface area contributed by atoms with Crippen LogP contribution in [0, 0.1) is 6.92 Å². The molecule has 0 aliphatic carbocycles. The molecular formula is C14H11Cl3O. The monoisotopic (exact) mass is 300 g/mol. The third kappa shape index (κ3) is 2.59. The highest BCUT2D eigenvalue weighted by atomic mass is 35.5. The van der Waals surface area contributed by atoms with Gasteiger partial charge in [-0.1, -0.05) is 46.4 Å². The first kappa shape index (κ1) is 13.5. The van der Waals surface area contributed by atoms with Crippen LogP contribution in [0.25, 0.3) is 11.1 Å². The Hall–Kier alpha value is -0.890. The lowest BCUT2D eigenvalue weighted by Crippen LogP contribution is -1.90. The molecule has 0 aliphatic rings. The summed E-state index contributed by atoms with van der Waals surface area (Å²) in [7, 11) is 1.62. The van der Waals surface area contributed by atoms with E-state index in [-0.39, 0.29) is 0 Å². The van der Waals surface area contributed by atoms with Gasteiger partial charge in [0.05, 0.1) is 17.2 Å². The van der Waals surface area contributed by atoms with Gasteiger partial charge in [-0.05, 0) is 31.2 Å². The predicted molar refractivity (Wildman–Crippen MR) is 78.2 cm³/mol. The first-order valence-corrected chi connectivity index (χ1v) is 6.46. The zero-order chi connectivity index (χ0) is 13.3. The normalized spacial score (nSPS) is 10.5. The molecule has 2 aromatic rings. The van der Waals surface area contributed by atoms with E-state index in [9.17, 15) is 0 Å². The van der Waals surface area contributed by atoms with Crippen LogP contribution in [-0.4, -0.2) is 7.11 Å². The zero-order valence-electron chi connectivity index (χ0n) is 9.93. The Balaban J connectivity index is 2.72. The molecule has 0 radical (unpaired) electrons. The first-order chi connectivity index (χ1) is 8.52. The Morgan fingerprint density at radius 3 is 2.11 bits per heavy atom. The van der Waals surface area contributed by atoms with Gasteiger partial charge in [0.2, 0.25) is 0 Å². The summed E-state index contributed by atoms with van der Waals surface area (Å²) in [5.41, 5.74) is 2.71.